The van der Waals surface area contributed by atoms with Gasteiger partial charge in [-0.2, -0.15) is 0 Å². The minimum atomic E-state index is 0. The number of allylic oxidation sites excluding steroid dienone is 2. The van der Waals surface area contributed by atoms with Crippen molar-refractivity contribution in [2.75, 3.05) is 0 Å². The fraction of sp³-hybridized carbons (Fsp3) is 0.359. The van der Waals surface area contributed by atoms with E-state index < -0.39 is 0 Å². The number of benzene rings is 2. The first-order chi connectivity index (χ1) is 21.1. The number of aliphatic hydroxyl groups is 1. The molecule has 0 aliphatic carbocycles. The smallest absolute Gasteiger partial charge is 0.162 e. The first kappa shape index (κ1) is 36.3. The summed E-state index contributed by atoms with van der Waals surface area (Å²) in [6, 6.07) is 24.7. The zero-order chi connectivity index (χ0) is 31.9. The van der Waals surface area contributed by atoms with Gasteiger partial charge in [0.05, 0.1) is 21.7 Å². The number of aliphatic hydroxyl groups excluding tert-OH is 1. The zero-order valence-electron chi connectivity index (χ0n) is 27.5. The second-order valence-corrected chi connectivity index (χ2v) is 13.3. The number of aromatic nitrogens is 2. The van der Waals surface area contributed by atoms with E-state index in [1.54, 1.807) is 11.3 Å². The van der Waals surface area contributed by atoms with Crippen LogP contribution >= 0.6 is 11.3 Å². The Morgan fingerprint density at radius 2 is 1.60 bits per heavy atom. The second kappa shape index (κ2) is 16.4. The molecule has 0 bridgehead atoms. The van der Waals surface area contributed by atoms with Crippen LogP contribution in [0.25, 0.3) is 43.5 Å². The maximum absolute atomic E-state index is 11.7. The Balaban J connectivity index is 0.000000297. The summed E-state index contributed by atoms with van der Waals surface area (Å²) in [6.45, 7) is 14.8. The molecule has 3 aromatic heterocycles. The Bertz CT molecular complexity index is 1740. The molecular formula is C39H45IrN2O2S-. The van der Waals surface area contributed by atoms with Gasteiger partial charge in [-0.3, -0.25) is 9.78 Å². The first-order valence-corrected chi connectivity index (χ1v) is 16.7. The topological polar surface area (TPSA) is 63.1 Å². The second-order valence-electron chi connectivity index (χ2n) is 12.3. The van der Waals surface area contributed by atoms with Crippen LogP contribution in [0.2, 0.25) is 0 Å². The summed E-state index contributed by atoms with van der Waals surface area (Å²) in [5.41, 5.74) is 6.37. The summed E-state index contributed by atoms with van der Waals surface area (Å²) < 4.78 is 1.21. The van der Waals surface area contributed by atoms with Crippen molar-refractivity contribution in [3.63, 3.8) is 0 Å². The molecule has 2 aromatic carbocycles. The van der Waals surface area contributed by atoms with Crippen LogP contribution in [0.5, 0.6) is 0 Å². The van der Waals surface area contributed by atoms with Gasteiger partial charge in [0, 0.05) is 49.9 Å². The zero-order valence-corrected chi connectivity index (χ0v) is 30.7. The van der Waals surface area contributed by atoms with Gasteiger partial charge in [0.2, 0.25) is 0 Å². The number of fused-ring (bicyclic) bond motifs is 2. The van der Waals surface area contributed by atoms with Gasteiger partial charge in [-0.25, -0.2) is 4.98 Å². The summed E-state index contributed by atoms with van der Waals surface area (Å²) in [6.07, 6.45) is 6.77. The molecule has 0 saturated heterocycles. The quantitative estimate of drug-likeness (QED) is 0.0917. The molecule has 5 aromatic rings. The van der Waals surface area contributed by atoms with E-state index in [4.69, 9.17) is 4.98 Å². The predicted molar refractivity (Wildman–Crippen MR) is 187 cm³/mol. The number of carbonyl (C=O) groups excluding carboxylic acids is 1. The van der Waals surface area contributed by atoms with Crippen molar-refractivity contribution in [1.29, 1.82) is 0 Å². The molecule has 0 saturated carbocycles. The van der Waals surface area contributed by atoms with Crippen molar-refractivity contribution in [3.05, 3.63) is 95.7 Å². The maximum atomic E-state index is 11.7. The van der Waals surface area contributed by atoms with E-state index in [1.807, 2.05) is 40.0 Å². The van der Waals surface area contributed by atoms with Crippen molar-refractivity contribution in [2.24, 2.45) is 11.8 Å². The monoisotopic (exact) mass is 798 g/mol. The number of hydrogen-bond acceptors (Lipinski definition) is 5. The van der Waals surface area contributed by atoms with Gasteiger partial charge >= 0.3 is 0 Å². The molecular weight excluding hydrogens is 753 g/mol. The van der Waals surface area contributed by atoms with Crippen LogP contribution in [0.1, 0.15) is 79.7 Å². The number of hydrogen-bond donors (Lipinski definition) is 1. The Kier molecular flexibility index (Phi) is 13.2. The molecule has 5 rings (SSSR count). The molecule has 0 aliphatic rings. The van der Waals surface area contributed by atoms with E-state index in [9.17, 15) is 9.90 Å². The Hall–Kier alpha value is -3.18. The van der Waals surface area contributed by atoms with Crippen LogP contribution in [0.3, 0.4) is 0 Å². The van der Waals surface area contributed by atoms with Crippen LogP contribution in [0.4, 0.5) is 0 Å². The molecule has 4 nitrogen and oxygen atoms in total. The van der Waals surface area contributed by atoms with Gasteiger partial charge < -0.3 is 5.11 Å². The third-order valence-electron chi connectivity index (χ3n) is 8.30. The first-order valence-electron chi connectivity index (χ1n) is 15.8. The normalized spacial score (nSPS) is 11.9. The molecule has 3 heterocycles. The third-order valence-corrected chi connectivity index (χ3v) is 9.18. The van der Waals surface area contributed by atoms with Gasteiger partial charge in [0.1, 0.15) is 0 Å². The number of rotatable bonds is 9. The Morgan fingerprint density at radius 3 is 2.27 bits per heavy atom. The summed E-state index contributed by atoms with van der Waals surface area (Å²) in [7, 11) is 0. The van der Waals surface area contributed by atoms with Gasteiger partial charge in [-0.1, -0.05) is 83.7 Å². The van der Waals surface area contributed by atoms with Crippen LogP contribution in [-0.2, 0) is 30.3 Å². The minimum Gasteiger partial charge on any atom is -0.512 e. The van der Waals surface area contributed by atoms with Crippen LogP contribution in [0, 0.1) is 17.9 Å². The fourth-order valence-corrected chi connectivity index (χ4v) is 6.24. The van der Waals surface area contributed by atoms with Crippen LogP contribution in [-0.4, -0.2) is 20.9 Å². The predicted octanol–water partition coefficient (Wildman–Crippen LogP) is 11.1. The number of carbonyl (C=O) groups is 1. The van der Waals surface area contributed by atoms with Crippen molar-refractivity contribution >= 4 is 38.1 Å². The van der Waals surface area contributed by atoms with E-state index in [-0.39, 0.29) is 48.9 Å². The van der Waals surface area contributed by atoms with Gasteiger partial charge in [-0.05, 0) is 66.3 Å². The van der Waals surface area contributed by atoms with Crippen LogP contribution in [0.15, 0.2) is 84.1 Å². The molecule has 1 radical (unpaired) electrons. The minimum absolute atomic E-state index is 0. The number of nitrogens with zero attached hydrogens (tertiary/aromatic N) is 2. The van der Waals surface area contributed by atoms with E-state index in [2.05, 4.69) is 91.8 Å². The molecule has 0 aliphatic heterocycles. The average Bonchev–Trinajstić information content (AvgIpc) is 3.50. The molecule has 0 spiro atoms. The summed E-state index contributed by atoms with van der Waals surface area (Å²) in [5, 5.41) is 14.2. The molecule has 0 fully saturated rings. The number of thiophene rings is 1. The third kappa shape index (κ3) is 8.97. The SMILES string of the molecule is CC(C)(C)c1cc(-c2cc(-c3ccc4sccc4n3)ccn2)[c-]c2ccccc12.CCC(CC)C(=O)/C=C(\O)C(CC)CC.[Ir]. The van der Waals surface area contributed by atoms with E-state index in [0.29, 0.717) is 0 Å². The number of pyridine rings is 2. The van der Waals surface area contributed by atoms with E-state index >= 15 is 0 Å². The molecule has 45 heavy (non-hydrogen) atoms. The molecule has 6 heteroatoms. The molecule has 1 N–H and O–H groups in total. The largest absolute Gasteiger partial charge is 0.512 e. The standard InChI is InChI=1S/C26H21N2S.C13H24O2.Ir/c1-26(2,3)21-15-19(14-17-6-4-5-7-20(17)21)24-16-18(10-12-27-24)22-8-9-25-23(28-22)11-13-29-25;1-5-10(6-2)12(14)9-13(15)11(7-3)8-4;/h4-13,15-16H,1-3H3;9-11,14H,5-8H2,1-4H3;/q-1;;/b;12-9-;. The van der Waals surface area contributed by atoms with Crippen LogP contribution < -0.4 is 0 Å². The summed E-state index contributed by atoms with van der Waals surface area (Å²) in [4.78, 5) is 21.2. The van der Waals surface area contributed by atoms with Crippen molar-refractivity contribution < 1.29 is 30.0 Å². The van der Waals surface area contributed by atoms with Gasteiger partial charge in [0.15, 0.2) is 5.78 Å². The van der Waals surface area contributed by atoms with E-state index in [0.717, 1.165) is 59.1 Å². The van der Waals surface area contributed by atoms with Gasteiger partial charge in [-0.15, -0.1) is 40.5 Å². The fourth-order valence-electron chi connectivity index (χ4n) is 5.52. The molecule has 0 amide bonds. The Morgan fingerprint density at radius 1 is 0.911 bits per heavy atom. The average molecular weight is 798 g/mol. The molecule has 0 unspecified atom stereocenters. The number of ketones is 1. The molecule has 239 valence electrons. The van der Waals surface area contributed by atoms with Crippen molar-refractivity contribution in [3.8, 4) is 22.5 Å². The summed E-state index contributed by atoms with van der Waals surface area (Å²) in [5.74, 6) is 0.547. The molecule has 0 atom stereocenters. The maximum Gasteiger partial charge on any atom is 0.162 e. The van der Waals surface area contributed by atoms with Crippen molar-refractivity contribution in [2.45, 2.75) is 79.6 Å². The Labute approximate surface area is 286 Å². The summed E-state index contributed by atoms with van der Waals surface area (Å²) >= 11 is 1.72. The van der Waals surface area contributed by atoms with E-state index in [1.165, 1.54) is 21.7 Å². The van der Waals surface area contributed by atoms with Gasteiger partial charge in [0.25, 0.3) is 0 Å². The van der Waals surface area contributed by atoms with Crippen molar-refractivity contribution in [1.82, 2.24) is 9.97 Å².